The van der Waals surface area contributed by atoms with Crippen LogP contribution >= 0.6 is 0 Å². The molecule has 1 saturated heterocycles. The Hall–Kier alpha value is -2.65. The molecule has 2 aliphatic rings. The lowest BCUT2D eigenvalue weighted by molar-refractivity contribution is -0.118. The number of rotatable bonds is 5. The van der Waals surface area contributed by atoms with Gasteiger partial charge in [-0.15, -0.1) is 0 Å². The molecular formula is C20H23N3O3. The Morgan fingerprint density at radius 2 is 2.19 bits per heavy atom. The lowest BCUT2D eigenvalue weighted by atomic mass is 10.0. The van der Waals surface area contributed by atoms with Crippen LogP contribution in [-0.2, 0) is 14.3 Å². The van der Waals surface area contributed by atoms with Crippen LogP contribution in [0.5, 0.6) is 0 Å². The predicted molar refractivity (Wildman–Crippen MR) is 98.1 cm³/mol. The topological polar surface area (TPSA) is 82.4 Å². The summed E-state index contributed by atoms with van der Waals surface area (Å²) < 4.78 is 5.49. The third-order valence-electron chi connectivity index (χ3n) is 4.57. The van der Waals surface area contributed by atoms with Gasteiger partial charge in [0.1, 0.15) is 11.6 Å². The SMILES string of the molecule is CC(C)CN1C(=O)C(=C(C#N)C(=O)NCC2CCCO2)c2ccccc21. The Balaban J connectivity index is 1.91. The van der Waals surface area contributed by atoms with Gasteiger partial charge in [-0.05, 0) is 24.8 Å². The largest absolute Gasteiger partial charge is 0.376 e. The average molecular weight is 353 g/mol. The van der Waals surface area contributed by atoms with Crippen molar-refractivity contribution in [2.45, 2.75) is 32.8 Å². The van der Waals surface area contributed by atoms with E-state index in [0.717, 1.165) is 18.5 Å². The molecule has 0 radical (unpaired) electrons. The lowest BCUT2D eigenvalue weighted by Crippen LogP contribution is -2.34. The molecule has 136 valence electrons. The predicted octanol–water partition coefficient (Wildman–Crippen LogP) is 2.26. The van der Waals surface area contributed by atoms with Crippen molar-refractivity contribution in [2.75, 3.05) is 24.6 Å². The minimum Gasteiger partial charge on any atom is -0.376 e. The van der Waals surface area contributed by atoms with E-state index < -0.39 is 5.91 Å². The maximum atomic E-state index is 13.0. The second-order valence-corrected chi connectivity index (χ2v) is 7.03. The van der Waals surface area contributed by atoms with Gasteiger partial charge in [0, 0.05) is 25.3 Å². The van der Waals surface area contributed by atoms with Crippen LogP contribution in [0.15, 0.2) is 29.8 Å². The first-order valence-corrected chi connectivity index (χ1v) is 8.98. The number of nitriles is 1. The standard InChI is InChI=1S/C20H23N3O3/c1-13(2)12-23-17-8-4-3-7-15(17)18(20(23)25)16(10-21)19(24)22-11-14-6-5-9-26-14/h3-4,7-8,13-14H,5-6,9,11-12H2,1-2H3,(H,22,24). The van der Waals surface area contributed by atoms with Crippen molar-refractivity contribution in [1.29, 1.82) is 5.26 Å². The molecule has 2 aliphatic heterocycles. The first kappa shape index (κ1) is 18.2. The summed E-state index contributed by atoms with van der Waals surface area (Å²) in [5.41, 5.74) is 1.45. The monoisotopic (exact) mass is 353 g/mol. The van der Waals surface area contributed by atoms with Crippen molar-refractivity contribution in [3.8, 4) is 6.07 Å². The highest BCUT2D eigenvalue weighted by atomic mass is 16.5. The lowest BCUT2D eigenvalue weighted by Gasteiger charge is -2.19. The molecular weight excluding hydrogens is 330 g/mol. The first-order valence-electron chi connectivity index (χ1n) is 8.98. The molecule has 2 amide bonds. The second-order valence-electron chi connectivity index (χ2n) is 7.03. The number of hydrogen-bond acceptors (Lipinski definition) is 4. The molecule has 1 aromatic carbocycles. The fourth-order valence-corrected chi connectivity index (χ4v) is 3.39. The molecule has 0 aromatic heterocycles. The summed E-state index contributed by atoms with van der Waals surface area (Å²) >= 11 is 0. The molecule has 0 saturated carbocycles. The zero-order valence-electron chi connectivity index (χ0n) is 15.1. The molecule has 6 heteroatoms. The molecule has 1 aromatic rings. The number of nitrogens with zero attached hydrogens (tertiary/aromatic N) is 2. The average Bonchev–Trinajstić information content (AvgIpc) is 3.23. The summed E-state index contributed by atoms with van der Waals surface area (Å²) in [5.74, 6) is -0.540. The summed E-state index contributed by atoms with van der Waals surface area (Å²) in [6.07, 6.45) is 1.85. The van der Waals surface area contributed by atoms with Gasteiger partial charge in [-0.3, -0.25) is 9.59 Å². The Morgan fingerprint density at radius 3 is 2.85 bits per heavy atom. The molecule has 2 heterocycles. The third-order valence-corrected chi connectivity index (χ3v) is 4.57. The minimum absolute atomic E-state index is 0.0205. The van der Waals surface area contributed by atoms with Crippen LogP contribution in [0.1, 0.15) is 32.3 Å². The molecule has 0 spiro atoms. The molecule has 1 unspecified atom stereocenters. The van der Waals surface area contributed by atoms with Gasteiger partial charge in [-0.2, -0.15) is 5.26 Å². The molecule has 1 atom stereocenters. The van der Waals surface area contributed by atoms with Gasteiger partial charge >= 0.3 is 0 Å². The van der Waals surface area contributed by atoms with E-state index in [1.54, 1.807) is 11.0 Å². The van der Waals surface area contributed by atoms with E-state index in [1.807, 2.05) is 38.1 Å². The van der Waals surface area contributed by atoms with E-state index in [0.29, 0.717) is 25.3 Å². The van der Waals surface area contributed by atoms with Crippen LogP contribution in [0.2, 0.25) is 0 Å². The van der Waals surface area contributed by atoms with E-state index in [-0.39, 0.29) is 29.1 Å². The van der Waals surface area contributed by atoms with E-state index in [9.17, 15) is 14.9 Å². The number of benzene rings is 1. The van der Waals surface area contributed by atoms with E-state index in [2.05, 4.69) is 5.32 Å². The zero-order chi connectivity index (χ0) is 18.7. The quantitative estimate of drug-likeness (QED) is 0.650. The van der Waals surface area contributed by atoms with E-state index >= 15 is 0 Å². The van der Waals surface area contributed by atoms with Crippen LogP contribution < -0.4 is 10.2 Å². The normalized spacial score (nSPS) is 20.9. The summed E-state index contributed by atoms with van der Waals surface area (Å²) in [5, 5.41) is 12.3. The first-order chi connectivity index (χ1) is 12.5. The van der Waals surface area contributed by atoms with Crippen LogP contribution in [0.25, 0.3) is 5.57 Å². The Kier molecular flexibility index (Phi) is 5.38. The van der Waals surface area contributed by atoms with Gasteiger partial charge < -0.3 is 15.0 Å². The van der Waals surface area contributed by atoms with Gasteiger partial charge in [0.05, 0.1) is 17.4 Å². The summed E-state index contributed by atoms with van der Waals surface area (Å²) in [6, 6.07) is 9.24. The number of hydrogen-bond donors (Lipinski definition) is 1. The fourth-order valence-electron chi connectivity index (χ4n) is 3.39. The van der Waals surface area contributed by atoms with Gasteiger partial charge in [-0.25, -0.2) is 0 Å². The fraction of sp³-hybridized carbons (Fsp3) is 0.450. The molecule has 26 heavy (non-hydrogen) atoms. The number of anilines is 1. The highest BCUT2D eigenvalue weighted by molar-refractivity contribution is 6.37. The van der Waals surface area contributed by atoms with Gasteiger partial charge in [0.25, 0.3) is 11.8 Å². The van der Waals surface area contributed by atoms with Crippen molar-refractivity contribution < 1.29 is 14.3 Å². The molecule has 0 bridgehead atoms. The van der Waals surface area contributed by atoms with Crippen LogP contribution in [0.3, 0.4) is 0 Å². The van der Waals surface area contributed by atoms with Crippen LogP contribution in [0, 0.1) is 17.2 Å². The van der Waals surface area contributed by atoms with Crippen molar-refractivity contribution in [3.05, 3.63) is 35.4 Å². The Bertz CT molecular complexity index is 786. The Labute approximate surface area is 153 Å². The molecule has 1 N–H and O–H groups in total. The maximum Gasteiger partial charge on any atom is 0.262 e. The van der Waals surface area contributed by atoms with Crippen molar-refractivity contribution in [3.63, 3.8) is 0 Å². The smallest absolute Gasteiger partial charge is 0.262 e. The number of amides is 2. The number of nitrogens with one attached hydrogen (secondary N) is 1. The summed E-state index contributed by atoms with van der Waals surface area (Å²) in [6.45, 7) is 5.63. The zero-order valence-corrected chi connectivity index (χ0v) is 15.1. The highest BCUT2D eigenvalue weighted by Crippen LogP contribution is 2.38. The number of fused-ring (bicyclic) bond motifs is 1. The molecule has 3 rings (SSSR count). The number of carbonyl (C=O) groups excluding carboxylic acids is 2. The van der Waals surface area contributed by atoms with Crippen molar-refractivity contribution >= 4 is 23.1 Å². The number of para-hydroxylation sites is 1. The van der Waals surface area contributed by atoms with Gasteiger partial charge in [0.2, 0.25) is 0 Å². The molecule has 0 aliphatic carbocycles. The molecule has 6 nitrogen and oxygen atoms in total. The van der Waals surface area contributed by atoms with E-state index in [1.165, 1.54) is 0 Å². The Morgan fingerprint density at radius 1 is 1.42 bits per heavy atom. The highest BCUT2D eigenvalue weighted by Gasteiger charge is 2.36. The second kappa shape index (κ2) is 7.71. The van der Waals surface area contributed by atoms with Gasteiger partial charge in [0.15, 0.2) is 0 Å². The van der Waals surface area contributed by atoms with Crippen molar-refractivity contribution in [1.82, 2.24) is 5.32 Å². The number of carbonyl (C=O) groups is 2. The van der Waals surface area contributed by atoms with E-state index in [4.69, 9.17) is 4.74 Å². The van der Waals surface area contributed by atoms with Crippen LogP contribution in [0.4, 0.5) is 5.69 Å². The van der Waals surface area contributed by atoms with Gasteiger partial charge in [-0.1, -0.05) is 32.0 Å². The third kappa shape index (κ3) is 3.49. The van der Waals surface area contributed by atoms with Crippen LogP contribution in [-0.4, -0.2) is 37.6 Å². The number of ether oxygens (including phenoxy) is 1. The summed E-state index contributed by atoms with van der Waals surface area (Å²) in [7, 11) is 0. The molecule has 1 fully saturated rings. The minimum atomic E-state index is -0.521. The summed E-state index contributed by atoms with van der Waals surface area (Å²) in [4.78, 5) is 27.2. The van der Waals surface area contributed by atoms with Crippen molar-refractivity contribution in [2.24, 2.45) is 5.92 Å². The maximum absolute atomic E-state index is 13.0.